The first-order valence-electron chi connectivity index (χ1n) is 5.28. The standard InChI is InChI=1S/C14H10O3/c1-17-11-7-6-10-12(14(11)16)8-4-2-3-5-9(8)13(10)15/h2-7,16H,1H3. The van der Waals surface area contributed by atoms with Crippen LogP contribution in [0.2, 0.25) is 0 Å². The van der Waals surface area contributed by atoms with Crippen LogP contribution in [0.3, 0.4) is 0 Å². The van der Waals surface area contributed by atoms with Gasteiger partial charge in [0.05, 0.1) is 7.11 Å². The molecule has 1 aliphatic carbocycles. The third-order valence-corrected chi connectivity index (χ3v) is 3.05. The number of fused-ring (bicyclic) bond motifs is 3. The van der Waals surface area contributed by atoms with Crippen LogP contribution >= 0.6 is 0 Å². The maximum atomic E-state index is 12.1. The van der Waals surface area contributed by atoms with Crippen molar-refractivity contribution in [3.63, 3.8) is 0 Å². The number of benzene rings is 2. The van der Waals surface area contributed by atoms with E-state index in [9.17, 15) is 9.90 Å². The first-order chi connectivity index (χ1) is 8.24. The molecule has 0 radical (unpaired) electrons. The monoisotopic (exact) mass is 226 g/mol. The van der Waals surface area contributed by atoms with Gasteiger partial charge in [0.15, 0.2) is 17.3 Å². The lowest BCUT2D eigenvalue weighted by Gasteiger charge is -2.07. The Kier molecular flexibility index (Phi) is 1.95. The van der Waals surface area contributed by atoms with Crippen molar-refractivity contribution in [2.24, 2.45) is 0 Å². The number of ketones is 1. The third-order valence-electron chi connectivity index (χ3n) is 3.05. The van der Waals surface area contributed by atoms with E-state index in [4.69, 9.17) is 4.74 Å². The largest absolute Gasteiger partial charge is 0.504 e. The molecule has 0 aliphatic heterocycles. The predicted molar refractivity (Wildman–Crippen MR) is 63.5 cm³/mol. The summed E-state index contributed by atoms with van der Waals surface area (Å²) in [5.74, 6) is 0.366. The van der Waals surface area contributed by atoms with Crippen molar-refractivity contribution in [1.29, 1.82) is 0 Å². The molecule has 0 heterocycles. The topological polar surface area (TPSA) is 46.5 Å². The smallest absolute Gasteiger partial charge is 0.194 e. The second-order valence-corrected chi connectivity index (χ2v) is 3.91. The van der Waals surface area contributed by atoms with Gasteiger partial charge in [-0.2, -0.15) is 0 Å². The molecule has 0 spiro atoms. The highest BCUT2D eigenvalue weighted by molar-refractivity contribution is 6.22. The zero-order chi connectivity index (χ0) is 12.0. The fraction of sp³-hybridized carbons (Fsp3) is 0.0714. The van der Waals surface area contributed by atoms with Crippen molar-refractivity contribution >= 4 is 5.78 Å². The highest BCUT2D eigenvalue weighted by Crippen LogP contribution is 2.45. The maximum absolute atomic E-state index is 12.1. The van der Waals surface area contributed by atoms with Gasteiger partial charge in [0.25, 0.3) is 0 Å². The molecule has 3 heteroatoms. The molecular formula is C14H10O3. The van der Waals surface area contributed by atoms with Crippen molar-refractivity contribution in [2.75, 3.05) is 7.11 Å². The van der Waals surface area contributed by atoms with E-state index in [0.29, 0.717) is 22.4 Å². The number of aromatic hydroxyl groups is 1. The van der Waals surface area contributed by atoms with Crippen LogP contribution in [0.25, 0.3) is 11.1 Å². The molecule has 0 amide bonds. The summed E-state index contributed by atoms with van der Waals surface area (Å²) in [5.41, 5.74) is 2.50. The van der Waals surface area contributed by atoms with E-state index in [1.807, 2.05) is 18.2 Å². The highest BCUT2D eigenvalue weighted by Gasteiger charge is 2.30. The zero-order valence-electron chi connectivity index (χ0n) is 9.23. The van der Waals surface area contributed by atoms with E-state index >= 15 is 0 Å². The number of hydrogen-bond acceptors (Lipinski definition) is 3. The number of phenolic OH excluding ortho intramolecular Hbond substituents is 1. The second kappa shape index (κ2) is 3.35. The SMILES string of the molecule is COc1ccc2c(c1O)-c1ccccc1C2=O. The molecule has 0 fully saturated rings. The molecule has 0 saturated heterocycles. The van der Waals surface area contributed by atoms with Gasteiger partial charge in [-0.25, -0.2) is 0 Å². The first-order valence-corrected chi connectivity index (χ1v) is 5.28. The minimum Gasteiger partial charge on any atom is -0.504 e. The molecule has 84 valence electrons. The lowest BCUT2D eigenvalue weighted by atomic mass is 10.0. The van der Waals surface area contributed by atoms with Crippen molar-refractivity contribution in [2.45, 2.75) is 0 Å². The molecular weight excluding hydrogens is 216 g/mol. The van der Waals surface area contributed by atoms with E-state index in [1.54, 1.807) is 18.2 Å². The number of rotatable bonds is 1. The van der Waals surface area contributed by atoms with Crippen LogP contribution in [-0.2, 0) is 0 Å². The van der Waals surface area contributed by atoms with Crippen LogP contribution in [0.5, 0.6) is 11.5 Å². The summed E-state index contributed by atoms with van der Waals surface area (Å²) in [4.78, 5) is 12.1. The molecule has 0 aromatic heterocycles. The molecule has 2 aromatic carbocycles. The first kappa shape index (κ1) is 9.90. The van der Waals surface area contributed by atoms with Crippen molar-refractivity contribution in [1.82, 2.24) is 0 Å². The van der Waals surface area contributed by atoms with Crippen LogP contribution in [0.1, 0.15) is 15.9 Å². The molecule has 17 heavy (non-hydrogen) atoms. The number of methoxy groups -OCH3 is 1. The Hall–Kier alpha value is -2.29. The average molecular weight is 226 g/mol. The van der Waals surface area contributed by atoms with Crippen LogP contribution in [-0.4, -0.2) is 18.0 Å². The average Bonchev–Trinajstić information content (AvgIpc) is 2.65. The number of phenols is 1. The highest BCUT2D eigenvalue weighted by atomic mass is 16.5. The van der Waals surface area contributed by atoms with E-state index in [0.717, 1.165) is 5.56 Å². The molecule has 2 aromatic rings. The normalized spacial score (nSPS) is 12.2. The number of hydrogen-bond donors (Lipinski definition) is 1. The summed E-state index contributed by atoms with van der Waals surface area (Å²) < 4.78 is 5.06. The third kappa shape index (κ3) is 1.19. The van der Waals surface area contributed by atoms with Crippen LogP contribution in [0.15, 0.2) is 36.4 Å². The van der Waals surface area contributed by atoms with Crippen molar-refractivity contribution < 1.29 is 14.6 Å². The number of carbonyl (C=O) groups excluding carboxylic acids is 1. The Morgan fingerprint density at radius 1 is 1.00 bits per heavy atom. The minimum absolute atomic E-state index is 0.0308. The minimum atomic E-state index is -0.0476. The molecule has 0 atom stereocenters. The van der Waals surface area contributed by atoms with Gasteiger partial charge in [-0.15, -0.1) is 0 Å². The van der Waals surface area contributed by atoms with Gasteiger partial charge in [0.1, 0.15) is 0 Å². The van der Waals surface area contributed by atoms with E-state index in [1.165, 1.54) is 7.11 Å². The molecule has 0 bridgehead atoms. The zero-order valence-corrected chi connectivity index (χ0v) is 9.23. The lowest BCUT2D eigenvalue weighted by Crippen LogP contribution is -1.94. The van der Waals surface area contributed by atoms with Crippen LogP contribution in [0, 0.1) is 0 Å². The molecule has 1 aliphatic rings. The second-order valence-electron chi connectivity index (χ2n) is 3.91. The van der Waals surface area contributed by atoms with Gasteiger partial charge in [0.2, 0.25) is 0 Å². The van der Waals surface area contributed by atoms with Crippen molar-refractivity contribution in [3.8, 4) is 22.6 Å². The Labute approximate surface area is 98.3 Å². The molecule has 3 rings (SSSR count). The van der Waals surface area contributed by atoms with Crippen molar-refractivity contribution in [3.05, 3.63) is 47.5 Å². The Morgan fingerprint density at radius 2 is 1.71 bits per heavy atom. The summed E-state index contributed by atoms with van der Waals surface area (Å²) in [6, 6.07) is 10.6. The summed E-state index contributed by atoms with van der Waals surface area (Å²) in [7, 11) is 1.49. The molecule has 0 saturated carbocycles. The van der Waals surface area contributed by atoms with Gasteiger partial charge >= 0.3 is 0 Å². The fourth-order valence-corrected chi connectivity index (χ4v) is 2.24. The van der Waals surface area contributed by atoms with Gasteiger partial charge in [-0.3, -0.25) is 4.79 Å². The summed E-state index contributed by atoms with van der Waals surface area (Å²) >= 11 is 0. The van der Waals surface area contributed by atoms with Gasteiger partial charge in [0, 0.05) is 16.7 Å². The van der Waals surface area contributed by atoms with E-state index in [-0.39, 0.29) is 11.5 Å². The summed E-state index contributed by atoms with van der Waals surface area (Å²) in [5, 5.41) is 10.1. The summed E-state index contributed by atoms with van der Waals surface area (Å²) in [6.45, 7) is 0. The van der Waals surface area contributed by atoms with Gasteiger partial charge in [-0.1, -0.05) is 24.3 Å². The quantitative estimate of drug-likeness (QED) is 0.693. The van der Waals surface area contributed by atoms with Crippen LogP contribution in [0.4, 0.5) is 0 Å². The van der Waals surface area contributed by atoms with Gasteiger partial charge in [-0.05, 0) is 17.7 Å². The number of ether oxygens (including phenoxy) is 1. The Balaban J connectivity index is 2.38. The maximum Gasteiger partial charge on any atom is 0.194 e. The molecule has 0 unspecified atom stereocenters. The van der Waals surface area contributed by atoms with Gasteiger partial charge < -0.3 is 9.84 Å². The Morgan fingerprint density at radius 3 is 2.41 bits per heavy atom. The summed E-state index contributed by atoms with van der Waals surface area (Å²) in [6.07, 6.45) is 0. The van der Waals surface area contributed by atoms with Crippen LogP contribution < -0.4 is 4.74 Å². The fourth-order valence-electron chi connectivity index (χ4n) is 2.24. The van der Waals surface area contributed by atoms with E-state index < -0.39 is 0 Å². The van der Waals surface area contributed by atoms with E-state index in [2.05, 4.69) is 0 Å². The number of carbonyl (C=O) groups is 1. The molecule has 1 N–H and O–H groups in total. The molecule has 3 nitrogen and oxygen atoms in total. The lowest BCUT2D eigenvalue weighted by molar-refractivity contribution is 0.104. The predicted octanol–water partition coefficient (Wildman–Crippen LogP) is 2.61. The Bertz CT molecular complexity index is 629.